The molecular weight excluding hydrogens is 302 g/mol. The smallest absolute Gasteiger partial charge is 0.244 e. The highest BCUT2D eigenvalue weighted by molar-refractivity contribution is 7.98. The normalized spacial score (nSPS) is 13.7. The van der Waals surface area contributed by atoms with E-state index < -0.39 is 5.60 Å². The maximum Gasteiger partial charge on any atom is 0.244 e. The Morgan fingerprint density at radius 2 is 2.05 bits per heavy atom. The van der Waals surface area contributed by atoms with Crippen LogP contribution in [-0.2, 0) is 4.79 Å². The molecule has 5 nitrogen and oxygen atoms in total. The van der Waals surface area contributed by atoms with Crippen LogP contribution in [0, 0.1) is 0 Å². The first-order valence-corrected chi connectivity index (χ1v) is 8.20. The monoisotopic (exact) mass is 325 g/mol. The van der Waals surface area contributed by atoms with Gasteiger partial charge in [0.1, 0.15) is 0 Å². The maximum absolute atomic E-state index is 11.8. The molecule has 0 saturated carbocycles. The van der Waals surface area contributed by atoms with Crippen molar-refractivity contribution in [2.45, 2.75) is 12.5 Å². The van der Waals surface area contributed by atoms with Crippen molar-refractivity contribution in [1.82, 2.24) is 5.32 Å². The minimum Gasteiger partial charge on any atom is -0.493 e. The third kappa shape index (κ3) is 5.99. The Hall–Kier alpha value is -1.66. The van der Waals surface area contributed by atoms with Crippen LogP contribution in [0.5, 0.6) is 11.5 Å². The van der Waals surface area contributed by atoms with E-state index in [1.807, 2.05) is 12.3 Å². The molecule has 1 atom stereocenters. The van der Waals surface area contributed by atoms with Gasteiger partial charge in [0.25, 0.3) is 0 Å². The second-order valence-corrected chi connectivity index (χ2v) is 5.96. The number of methoxy groups -OCH3 is 2. The minimum atomic E-state index is -0.910. The van der Waals surface area contributed by atoms with Crippen molar-refractivity contribution in [3.63, 3.8) is 0 Å². The third-order valence-corrected chi connectivity index (χ3v) is 3.84. The van der Waals surface area contributed by atoms with Crippen LogP contribution in [-0.4, -0.2) is 49.4 Å². The lowest BCUT2D eigenvalue weighted by Gasteiger charge is -2.21. The van der Waals surface area contributed by atoms with E-state index >= 15 is 0 Å². The van der Waals surface area contributed by atoms with Gasteiger partial charge in [-0.3, -0.25) is 4.79 Å². The Bertz CT molecular complexity index is 529. The van der Waals surface area contributed by atoms with Crippen molar-refractivity contribution in [3.05, 3.63) is 29.8 Å². The molecule has 0 saturated heterocycles. The van der Waals surface area contributed by atoms with Gasteiger partial charge in [-0.15, -0.1) is 0 Å². The van der Waals surface area contributed by atoms with E-state index in [0.717, 1.165) is 5.56 Å². The van der Waals surface area contributed by atoms with E-state index in [1.165, 1.54) is 17.8 Å². The van der Waals surface area contributed by atoms with Crippen LogP contribution in [0.15, 0.2) is 24.3 Å². The van der Waals surface area contributed by atoms with Crippen molar-refractivity contribution in [3.8, 4) is 11.5 Å². The van der Waals surface area contributed by atoms with E-state index in [1.54, 1.807) is 39.4 Å². The molecule has 1 aromatic rings. The van der Waals surface area contributed by atoms with Crippen LogP contribution in [0.3, 0.4) is 0 Å². The number of rotatable bonds is 8. The van der Waals surface area contributed by atoms with Gasteiger partial charge in [0, 0.05) is 18.4 Å². The average Bonchev–Trinajstić information content (AvgIpc) is 2.50. The average molecular weight is 325 g/mol. The van der Waals surface area contributed by atoms with E-state index in [-0.39, 0.29) is 12.5 Å². The zero-order valence-corrected chi connectivity index (χ0v) is 14.2. The first kappa shape index (κ1) is 18.4. The lowest BCUT2D eigenvalue weighted by atomic mass is 10.1. The van der Waals surface area contributed by atoms with Crippen LogP contribution in [0.2, 0.25) is 0 Å². The molecule has 0 spiro atoms. The number of benzene rings is 1. The molecule has 0 fully saturated rings. The fourth-order valence-electron chi connectivity index (χ4n) is 1.83. The lowest BCUT2D eigenvalue weighted by Crippen LogP contribution is -2.41. The van der Waals surface area contributed by atoms with Gasteiger partial charge in [0.15, 0.2) is 11.5 Å². The van der Waals surface area contributed by atoms with Crippen LogP contribution in [0.1, 0.15) is 12.5 Å². The van der Waals surface area contributed by atoms with Crippen molar-refractivity contribution >= 4 is 23.7 Å². The van der Waals surface area contributed by atoms with Crippen LogP contribution in [0.4, 0.5) is 0 Å². The molecule has 0 radical (unpaired) electrons. The number of hydrogen-bond donors (Lipinski definition) is 2. The summed E-state index contributed by atoms with van der Waals surface area (Å²) in [5.41, 5.74) is -0.0876. The molecule has 122 valence electrons. The molecule has 0 heterocycles. The maximum atomic E-state index is 11.8. The SMILES string of the molecule is COc1ccc(/C=C/C(=O)NC[C@](C)(O)CSC)cc1OC. The zero-order valence-electron chi connectivity index (χ0n) is 13.4. The van der Waals surface area contributed by atoms with Gasteiger partial charge < -0.3 is 19.9 Å². The van der Waals surface area contributed by atoms with Gasteiger partial charge in [-0.05, 0) is 37.0 Å². The number of amides is 1. The minimum absolute atomic E-state index is 0.211. The Kier molecular flexibility index (Phi) is 7.27. The van der Waals surface area contributed by atoms with E-state index in [4.69, 9.17) is 9.47 Å². The fourth-order valence-corrected chi connectivity index (χ4v) is 2.55. The number of ether oxygens (including phenoxy) is 2. The van der Waals surface area contributed by atoms with Gasteiger partial charge in [-0.25, -0.2) is 0 Å². The van der Waals surface area contributed by atoms with Gasteiger partial charge >= 0.3 is 0 Å². The number of carbonyl (C=O) groups excluding carboxylic acids is 1. The summed E-state index contributed by atoms with van der Waals surface area (Å²) in [6, 6.07) is 5.39. The van der Waals surface area contributed by atoms with Gasteiger partial charge in [-0.2, -0.15) is 11.8 Å². The summed E-state index contributed by atoms with van der Waals surface area (Å²) in [4.78, 5) is 11.8. The second-order valence-electron chi connectivity index (χ2n) is 5.10. The third-order valence-electron chi connectivity index (χ3n) is 2.93. The molecule has 1 aromatic carbocycles. The number of nitrogens with one attached hydrogen (secondary N) is 1. The summed E-state index contributed by atoms with van der Waals surface area (Å²) in [5.74, 6) is 1.55. The Morgan fingerprint density at radius 3 is 2.64 bits per heavy atom. The molecule has 1 rings (SSSR count). The van der Waals surface area contributed by atoms with Crippen molar-refractivity contribution < 1.29 is 19.4 Å². The molecule has 0 unspecified atom stereocenters. The highest BCUT2D eigenvalue weighted by atomic mass is 32.2. The van der Waals surface area contributed by atoms with Crippen molar-refractivity contribution in [2.75, 3.05) is 32.8 Å². The van der Waals surface area contributed by atoms with Crippen LogP contribution in [0.25, 0.3) is 6.08 Å². The molecule has 0 aliphatic rings. The fraction of sp³-hybridized carbons (Fsp3) is 0.438. The largest absolute Gasteiger partial charge is 0.493 e. The summed E-state index contributed by atoms with van der Waals surface area (Å²) in [7, 11) is 3.13. The first-order valence-electron chi connectivity index (χ1n) is 6.81. The topological polar surface area (TPSA) is 67.8 Å². The molecule has 0 aliphatic heterocycles. The van der Waals surface area contributed by atoms with Crippen molar-refractivity contribution in [1.29, 1.82) is 0 Å². The Balaban J connectivity index is 2.62. The highest BCUT2D eigenvalue weighted by Crippen LogP contribution is 2.27. The van der Waals surface area contributed by atoms with Gasteiger partial charge in [0.2, 0.25) is 5.91 Å². The Labute approximate surface area is 135 Å². The lowest BCUT2D eigenvalue weighted by molar-refractivity contribution is -0.117. The van der Waals surface area contributed by atoms with Crippen LogP contribution < -0.4 is 14.8 Å². The summed E-state index contributed by atoms with van der Waals surface area (Å²) >= 11 is 1.53. The van der Waals surface area contributed by atoms with Gasteiger partial charge in [0.05, 0.1) is 19.8 Å². The molecule has 1 amide bonds. The van der Waals surface area contributed by atoms with Gasteiger partial charge in [-0.1, -0.05) is 6.07 Å². The van der Waals surface area contributed by atoms with Crippen LogP contribution >= 0.6 is 11.8 Å². The number of hydrogen-bond acceptors (Lipinski definition) is 5. The molecule has 0 aliphatic carbocycles. The Morgan fingerprint density at radius 1 is 1.36 bits per heavy atom. The summed E-state index contributed by atoms with van der Waals surface area (Å²) in [6.07, 6.45) is 5.02. The predicted molar refractivity (Wildman–Crippen MR) is 90.6 cm³/mol. The quantitative estimate of drug-likeness (QED) is 0.715. The number of carbonyl (C=O) groups is 1. The highest BCUT2D eigenvalue weighted by Gasteiger charge is 2.19. The molecule has 22 heavy (non-hydrogen) atoms. The molecular formula is C16H23NO4S. The molecule has 0 aromatic heterocycles. The van der Waals surface area contributed by atoms with Crippen molar-refractivity contribution in [2.24, 2.45) is 0 Å². The summed E-state index contributed by atoms with van der Waals surface area (Å²) < 4.78 is 10.4. The zero-order chi connectivity index (χ0) is 16.6. The van der Waals surface area contributed by atoms with E-state index in [2.05, 4.69) is 5.32 Å². The summed E-state index contributed by atoms with van der Waals surface area (Å²) in [5, 5.41) is 12.7. The molecule has 2 N–H and O–H groups in total. The van der Waals surface area contributed by atoms with E-state index in [9.17, 15) is 9.90 Å². The number of aliphatic hydroxyl groups is 1. The predicted octanol–water partition coefficient (Wildman–Crippen LogP) is 1.95. The molecule has 0 bridgehead atoms. The molecule has 6 heteroatoms. The summed E-state index contributed by atoms with van der Waals surface area (Å²) in [6.45, 7) is 1.91. The first-order chi connectivity index (χ1) is 10.4. The van der Waals surface area contributed by atoms with E-state index in [0.29, 0.717) is 17.3 Å². The number of thioether (sulfide) groups is 1. The second kappa shape index (κ2) is 8.70. The standard InChI is InChI=1S/C16H23NO4S/c1-16(19,11-22-4)10-17-15(18)8-6-12-5-7-13(20-2)14(9-12)21-3/h5-9,19H,10-11H2,1-4H3,(H,17,18)/b8-6+/t16-/m0/s1.